The van der Waals surface area contributed by atoms with Gasteiger partial charge in [0, 0.05) is 42.4 Å². The van der Waals surface area contributed by atoms with Gasteiger partial charge in [0.15, 0.2) is 5.82 Å². The second kappa shape index (κ2) is 10.8. The number of nitrogens with zero attached hydrogens (tertiary/aromatic N) is 7. The van der Waals surface area contributed by atoms with Gasteiger partial charge in [0.2, 0.25) is 17.8 Å². The SMILES string of the molecule is FC(F)c1nc2ccccc2n1-c1nc(N2CCOCC2)nc(N2CCC(Nc3ccc(Br)cc3)CC2)n1. The van der Waals surface area contributed by atoms with Gasteiger partial charge in [-0.3, -0.25) is 4.57 Å². The second-order valence-electron chi connectivity index (χ2n) is 9.34. The number of anilines is 3. The van der Waals surface area contributed by atoms with Gasteiger partial charge in [-0.1, -0.05) is 28.1 Å². The van der Waals surface area contributed by atoms with E-state index in [0.717, 1.165) is 36.1 Å². The fourth-order valence-corrected chi connectivity index (χ4v) is 5.16. The van der Waals surface area contributed by atoms with Gasteiger partial charge in [-0.25, -0.2) is 13.8 Å². The maximum absolute atomic E-state index is 14.1. The lowest BCUT2D eigenvalue weighted by Crippen LogP contribution is -2.41. The number of halogens is 3. The van der Waals surface area contributed by atoms with E-state index < -0.39 is 6.43 Å². The van der Waals surface area contributed by atoms with Crippen LogP contribution >= 0.6 is 15.9 Å². The van der Waals surface area contributed by atoms with Gasteiger partial charge in [-0.05, 0) is 49.2 Å². The maximum atomic E-state index is 14.1. The van der Waals surface area contributed by atoms with Crippen LogP contribution < -0.4 is 15.1 Å². The average molecular weight is 585 g/mol. The van der Waals surface area contributed by atoms with E-state index in [2.05, 4.69) is 48.2 Å². The molecule has 0 amide bonds. The summed E-state index contributed by atoms with van der Waals surface area (Å²) in [7, 11) is 0. The van der Waals surface area contributed by atoms with Crippen LogP contribution in [-0.4, -0.2) is 69.9 Å². The molecule has 0 bridgehead atoms. The molecule has 2 aliphatic heterocycles. The van der Waals surface area contributed by atoms with Gasteiger partial charge in [0.1, 0.15) is 0 Å². The van der Waals surface area contributed by atoms with Gasteiger partial charge in [-0.2, -0.15) is 15.0 Å². The summed E-state index contributed by atoms with van der Waals surface area (Å²) in [6.07, 6.45) is -1.00. The molecule has 2 saturated heterocycles. The van der Waals surface area contributed by atoms with Crippen molar-refractivity contribution in [3.63, 3.8) is 0 Å². The molecule has 0 atom stereocenters. The zero-order chi connectivity index (χ0) is 26.1. The molecule has 2 aromatic carbocycles. The number of morpholine rings is 1. The van der Waals surface area contributed by atoms with E-state index >= 15 is 0 Å². The number of benzene rings is 2. The van der Waals surface area contributed by atoms with E-state index in [-0.39, 0.29) is 11.8 Å². The standard InChI is InChI=1S/C26H27BrF2N8O/c27-17-5-7-18(8-6-17)30-19-9-11-35(12-10-19)24-32-25(36-13-15-38-16-14-36)34-26(33-24)37-21-4-2-1-3-20(21)31-23(37)22(28)29/h1-8,19,22,30H,9-16H2. The van der Waals surface area contributed by atoms with Crippen molar-refractivity contribution in [1.82, 2.24) is 24.5 Å². The van der Waals surface area contributed by atoms with Crippen molar-refractivity contribution < 1.29 is 13.5 Å². The molecular formula is C26H27BrF2N8O. The van der Waals surface area contributed by atoms with Crippen molar-refractivity contribution >= 4 is 44.5 Å². The Morgan fingerprint density at radius 3 is 2.13 bits per heavy atom. The summed E-state index contributed by atoms with van der Waals surface area (Å²) in [5.74, 6) is 0.710. The number of piperidine rings is 1. The van der Waals surface area contributed by atoms with E-state index in [1.165, 1.54) is 4.57 Å². The van der Waals surface area contributed by atoms with Crippen molar-refractivity contribution in [2.75, 3.05) is 54.5 Å². The number of nitrogens with one attached hydrogen (secondary N) is 1. The monoisotopic (exact) mass is 584 g/mol. The number of fused-ring (bicyclic) bond motifs is 1. The number of ether oxygens (including phenoxy) is 1. The number of imidazole rings is 1. The Hall–Kier alpha value is -3.38. The van der Waals surface area contributed by atoms with Gasteiger partial charge in [-0.15, -0.1) is 0 Å². The highest BCUT2D eigenvalue weighted by Gasteiger charge is 2.27. The first-order chi connectivity index (χ1) is 18.5. The van der Waals surface area contributed by atoms with Crippen molar-refractivity contribution in [3.05, 3.63) is 58.8 Å². The minimum atomic E-state index is -2.78. The van der Waals surface area contributed by atoms with Crippen LogP contribution in [0, 0.1) is 0 Å². The first kappa shape index (κ1) is 24.9. The molecule has 0 radical (unpaired) electrons. The van der Waals surface area contributed by atoms with Gasteiger partial charge in [0.25, 0.3) is 6.43 Å². The summed E-state index contributed by atoms with van der Waals surface area (Å²) in [5, 5.41) is 3.60. The van der Waals surface area contributed by atoms with Crippen LogP contribution in [0.3, 0.4) is 0 Å². The molecule has 4 aromatic rings. The molecular weight excluding hydrogens is 558 g/mol. The molecule has 12 heteroatoms. The molecule has 4 heterocycles. The Bertz CT molecular complexity index is 1400. The highest BCUT2D eigenvalue weighted by Crippen LogP contribution is 2.29. The lowest BCUT2D eigenvalue weighted by Gasteiger charge is -2.34. The largest absolute Gasteiger partial charge is 0.382 e. The minimum absolute atomic E-state index is 0.149. The molecule has 1 N–H and O–H groups in total. The van der Waals surface area contributed by atoms with E-state index in [0.29, 0.717) is 55.3 Å². The fourth-order valence-electron chi connectivity index (χ4n) is 4.90. The Morgan fingerprint density at radius 2 is 1.45 bits per heavy atom. The second-order valence-corrected chi connectivity index (χ2v) is 10.3. The third-order valence-electron chi connectivity index (χ3n) is 6.87. The minimum Gasteiger partial charge on any atom is -0.382 e. The predicted octanol–water partition coefficient (Wildman–Crippen LogP) is 4.83. The van der Waals surface area contributed by atoms with Crippen LogP contribution in [0.25, 0.3) is 17.0 Å². The van der Waals surface area contributed by atoms with Crippen molar-refractivity contribution in [2.45, 2.75) is 25.3 Å². The average Bonchev–Trinajstić information content (AvgIpc) is 3.35. The molecule has 2 fully saturated rings. The normalized spacial score (nSPS) is 16.9. The number of hydrogen-bond donors (Lipinski definition) is 1. The zero-order valence-electron chi connectivity index (χ0n) is 20.6. The summed E-state index contributed by atoms with van der Waals surface area (Å²) >= 11 is 3.47. The Balaban J connectivity index is 1.32. The van der Waals surface area contributed by atoms with E-state index in [4.69, 9.17) is 14.7 Å². The topological polar surface area (TPSA) is 84.2 Å². The Morgan fingerprint density at radius 1 is 0.816 bits per heavy atom. The summed E-state index contributed by atoms with van der Waals surface area (Å²) in [4.78, 5) is 22.5. The van der Waals surface area contributed by atoms with Crippen molar-refractivity contribution in [1.29, 1.82) is 0 Å². The van der Waals surface area contributed by atoms with Crippen molar-refractivity contribution in [3.8, 4) is 5.95 Å². The van der Waals surface area contributed by atoms with Gasteiger partial charge < -0.3 is 19.9 Å². The molecule has 0 spiro atoms. The zero-order valence-corrected chi connectivity index (χ0v) is 22.2. The summed E-state index contributed by atoms with van der Waals surface area (Å²) in [6, 6.07) is 15.5. The van der Waals surface area contributed by atoms with Gasteiger partial charge in [0.05, 0.1) is 24.2 Å². The van der Waals surface area contributed by atoms with Crippen LogP contribution in [0.1, 0.15) is 25.1 Å². The number of hydrogen-bond acceptors (Lipinski definition) is 8. The van der Waals surface area contributed by atoms with Crippen LogP contribution in [0.5, 0.6) is 0 Å². The number of aromatic nitrogens is 5. The molecule has 6 rings (SSSR count). The first-order valence-corrected chi connectivity index (χ1v) is 13.5. The third-order valence-corrected chi connectivity index (χ3v) is 7.40. The smallest absolute Gasteiger partial charge is 0.296 e. The van der Waals surface area contributed by atoms with Gasteiger partial charge >= 0.3 is 0 Å². The molecule has 2 aromatic heterocycles. The predicted molar refractivity (Wildman–Crippen MR) is 145 cm³/mol. The summed E-state index contributed by atoms with van der Waals surface area (Å²) in [6.45, 7) is 3.81. The molecule has 0 unspecified atom stereocenters. The molecule has 9 nitrogen and oxygen atoms in total. The lowest BCUT2D eigenvalue weighted by atomic mass is 10.0. The number of para-hydroxylation sites is 2. The number of alkyl halides is 2. The first-order valence-electron chi connectivity index (χ1n) is 12.7. The maximum Gasteiger partial charge on any atom is 0.296 e. The summed E-state index contributed by atoms with van der Waals surface area (Å²) < 4.78 is 36.1. The quantitative estimate of drug-likeness (QED) is 0.345. The third kappa shape index (κ3) is 5.14. The van der Waals surface area contributed by atoms with E-state index in [9.17, 15) is 8.78 Å². The summed E-state index contributed by atoms with van der Waals surface area (Å²) in [5.41, 5.74) is 2.08. The lowest BCUT2D eigenvalue weighted by molar-refractivity contribution is 0.122. The molecule has 2 aliphatic rings. The number of rotatable bonds is 6. The highest BCUT2D eigenvalue weighted by molar-refractivity contribution is 9.10. The van der Waals surface area contributed by atoms with Crippen LogP contribution in [-0.2, 0) is 4.74 Å². The molecule has 198 valence electrons. The van der Waals surface area contributed by atoms with Crippen LogP contribution in [0.15, 0.2) is 53.0 Å². The van der Waals surface area contributed by atoms with Crippen molar-refractivity contribution in [2.24, 2.45) is 0 Å². The van der Waals surface area contributed by atoms with E-state index in [1.807, 2.05) is 17.0 Å². The Kier molecular flexibility index (Phi) is 7.07. The molecule has 0 saturated carbocycles. The van der Waals surface area contributed by atoms with Crippen LogP contribution in [0.4, 0.5) is 26.4 Å². The van der Waals surface area contributed by atoms with Crippen LogP contribution in [0.2, 0.25) is 0 Å². The molecule has 0 aliphatic carbocycles. The fraction of sp³-hybridized carbons (Fsp3) is 0.385. The Labute approximate surface area is 227 Å². The van der Waals surface area contributed by atoms with E-state index in [1.54, 1.807) is 24.3 Å². The molecule has 38 heavy (non-hydrogen) atoms. The highest BCUT2D eigenvalue weighted by atomic mass is 79.9.